The number of nitrogens with zero attached hydrogens (tertiary/aromatic N) is 1. The predicted octanol–water partition coefficient (Wildman–Crippen LogP) is 5.40. The van der Waals surface area contributed by atoms with E-state index in [1.54, 1.807) is 17.8 Å². The van der Waals surface area contributed by atoms with E-state index in [1.807, 2.05) is 39.1 Å². The van der Waals surface area contributed by atoms with Crippen LogP contribution in [0.15, 0.2) is 24.9 Å². The Bertz CT molecular complexity index is 1070. The van der Waals surface area contributed by atoms with Crippen LogP contribution >= 0.6 is 0 Å². The van der Waals surface area contributed by atoms with Crippen molar-refractivity contribution in [2.75, 3.05) is 13.7 Å². The summed E-state index contributed by atoms with van der Waals surface area (Å²) >= 11 is 0. The number of fused-ring (bicyclic) bond motifs is 1. The van der Waals surface area contributed by atoms with Crippen LogP contribution in [0.1, 0.15) is 76.3 Å². The Morgan fingerprint density at radius 2 is 2.00 bits per heavy atom. The minimum atomic E-state index is -0.607. The number of carbonyl (C=O) groups excluding carboxylic acids is 2. The normalized spacial score (nSPS) is 23.0. The molecule has 3 atom stereocenters. The Morgan fingerprint density at radius 3 is 2.65 bits per heavy atom. The minimum absolute atomic E-state index is 0.00312. The van der Waals surface area contributed by atoms with Gasteiger partial charge >= 0.3 is 6.09 Å². The summed E-state index contributed by atoms with van der Waals surface area (Å²) in [6.45, 7) is 10.1. The van der Waals surface area contributed by atoms with Gasteiger partial charge in [-0.2, -0.15) is 0 Å². The molecule has 1 aromatic carbocycles. The molecular weight excluding hydrogens is 432 g/mol. The van der Waals surface area contributed by atoms with Crippen molar-refractivity contribution in [3.05, 3.63) is 36.0 Å². The third-order valence-electron chi connectivity index (χ3n) is 6.68. The van der Waals surface area contributed by atoms with Gasteiger partial charge in [0.05, 0.1) is 12.6 Å². The van der Waals surface area contributed by atoms with Gasteiger partial charge in [-0.15, -0.1) is 0 Å². The molecule has 0 unspecified atom stereocenters. The number of aromatic nitrogens is 1. The highest BCUT2D eigenvalue weighted by atomic mass is 16.6. The first-order valence-corrected chi connectivity index (χ1v) is 12.2. The van der Waals surface area contributed by atoms with Crippen molar-refractivity contribution in [3.8, 4) is 5.75 Å². The molecule has 0 spiro atoms. The maximum atomic E-state index is 13.1. The van der Waals surface area contributed by atoms with Gasteiger partial charge in [0.25, 0.3) is 0 Å². The number of rotatable bonds is 5. The first kappa shape index (κ1) is 24.3. The van der Waals surface area contributed by atoms with Crippen molar-refractivity contribution in [2.45, 2.75) is 83.0 Å². The molecule has 1 N–H and O–H groups in total. The summed E-state index contributed by atoms with van der Waals surface area (Å²) in [4.78, 5) is 25.7. The van der Waals surface area contributed by atoms with E-state index in [2.05, 4.69) is 11.9 Å². The van der Waals surface area contributed by atoms with Crippen LogP contribution in [0, 0.1) is 0 Å². The van der Waals surface area contributed by atoms with Gasteiger partial charge in [0.1, 0.15) is 17.5 Å². The Hall–Kier alpha value is -2.80. The fourth-order valence-corrected chi connectivity index (χ4v) is 5.10. The van der Waals surface area contributed by atoms with Gasteiger partial charge in [-0.3, -0.25) is 9.36 Å². The van der Waals surface area contributed by atoms with E-state index in [4.69, 9.17) is 14.2 Å². The highest BCUT2D eigenvalue weighted by Crippen LogP contribution is 2.40. The summed E-state index contributed by atoms with van der Waals surface area (Å²) in [6, 6.07) is 4.00. The van der Waals surface area contributed by atoms with Gasteiger partial charge in [-0.05, 0) is 76.5 Å². The molecule has 184 valence electrons. The zero-order chi connectivity index (χ0) is 24.5. The van der Waals surface area contributed by atoms with Gasteiger partial charge in [-0.1, -0.05) is 19.1 Å². The van der Waals surface area contributed by atoms with E-state index in [9.17, 15) is 9.59 Å². The largest absolute Gasteiger partial charge is 0.496 e. The summed E-state index contributed by atoms with van der Waals surface area (Å²) in [5.41, 5.74) is 2.05. The highest BCUT2D eigenvalue weighted by Gasteiger charge is 2.31. The smallest absolute Gasteiger partial charge is 0.419 e. The van der Waals surface area contributed by atoms with Crippen LogP contribution < -0.4 is 10.1 Å². The second-order valence-corrected chi connectivity index (χ2v) is 10.3. The molecule has 1 saturated heterocycles. The zero-order valence-corrected chi connectivity index (χ0v) is 20.7. The lowest BCUT2D eigenvalue weighted by Crippen LogP contribution is -2.43. The molecule has 4 rings (SSSR count). The summed E-state index contributed by atoms with van der Waals surface area (Å²) in [5.74, 6) is 0.912. The van der Waals surface area contributed by atoms with Crippen molar-refractivity contribution in [3.63, 3.8) is 0 Å². The topological polar surface area (TPSA) is 78.8 Å². The van der Waals surface area contributed by atoms with Crippen LogP contribution in [0.3, 0.4) is 0 Å². The average molecular weight is 469 g/mol. The highest BCUT2D eigenvalue weighted by molar-refractivity contribution is 5.95. The van der Waals surface area contributed by atoms with Crippen molar-refractivity contribution in [1.82, 2.24) is 9.88 Å². The minimum Gasteiger partial charge on any atom is -0.496 e. The molecule has 2 fully saturated rings. The first-order valence-electron chi connectivity index (χ1n) is 12.2. The van der Waals surface area contributed by atoms with Crippen LogP contribution in [-0.4, -0.2) is 48.0 Å². The standard InChI is InChI=1S/C27H36N2O5/c1-6-17-14-22-20(15-24(17)32-5)21(16-29(22)26(31)34-27(2,3)4)18-9-7-10-19(13-18)28-25(30)23-11-8-12-33-23/h6,14-16,18-19,23H,1,7-13H2,2-5H3,(H,28,30)/t18-,19+,23-/m0/s1. The fraction of sp³-hybridized carbons (Fsp3) is 0.556. The molecule has 0 radical (unpaired) electrons. The van der Waals surface area contributed by atoms with E-state index in [0.717, 1.165) is 60.6 Å². The Kier molecular flexibility index (Phi) is 7.03. The van der Waals surface area contributed by atoms with Gasteiger partial charge in [0, 0.05) is 29.8 Å². The number of hydrogen-bond donors (Lipinski definition) is 1. The summed E-state index contributed by atoms with van der Waals surface area (Å²) in [5, 5.41) is 4.17. The summed E-state index contributed by atoms with van der Waals surface area (Å²) in [6.07, 6.45) is 8.37. The van der Waals surface area contributed by atoms with E-state index in [-0.39, 0.29) is 24.0 Å². The average Bonchev–Trinajstić information content (AvgIpc) is 3.45. The lowest BCUT2D eigenvalue weighted by Gasteiger charge is -2.30. The Morgan fingerprint density at radius 1 is 1.21 bits per heavy atom. The lowest BCUT2D eigenvalue weighted by atomic mass is 9.81. The van der Waals surface area contributed by atoms with Crippen LogP contribution in [0.25, 0.3) is 17.0 Å². The summed E-state index contributed by atoms with van der Waals surface area (Å²) < 4.78 is 18.4. The molecule has 2 aromatic rings. The second kappa shape index (κ2) is 9.82. The number of hydrogen-bond acceptors (Lipinski definition) is 5. The van der Waals surface area contributed by atoms with Crippen molar-refractivity contribution >= 4 is 29.0 Å². The van der Waals surface area contributed by atoms with E-state index in [1.165, 1.54) is 0 Å². The van der Waals surface area contributed by atoms with Crippen LogP contribution in [0.4, 0.5) is 4.79 Å². The predicted molar refractivity (Wildman–Crippen MR) is 132 cm³/mol. The van der Waals surface area contributed by atoms with Gasteiger partial charge < -0.3 is 19.5 Å². The Balaban J connectivity index is 1.67. The number of amides is 1. The molecule has 2 aliphatic rings. The van der Waals surface area contributed by atoms with Gasteiger partial charge in [0.15, 0.2) is 0 Å². The summed E-state index contributed by atoms with van der Waals surface area (Å²) in [7, 11) is 1.63. The number of benzene rings is 1. The van der Waals surface area contributed by atoms with E-state index >= 15 is 0 Å². The van der Waals surface area contributed by atoms with Crippen LogP contribution in [-0.2, 0) is 14.3 Å². The number of methoxy groups -OCH3 is 1. The number of nitrogens with one attached hydrogen (secondary N) is 1. The molecule has 1 aliphatic heterocycles. The quantitative estimate of drug-likeness (QED) is 0.636. The van der Waals surface area contributed by atoms with Crippen molar-refractivity contribution < 1.29 is 23.8 Å². The molecular formula is C27H36N2O5. The van der Waals surface area contributed by atoms with Crippen LogP contribution in [0.5, 0.6) is 5.75 Å². The molecule has 7 heteroatoms. The second-order valence-electron chi connectivity index (χ2n) is 10.3. The third kappa shape index (κ3) is 5.14. The van der Waals surface area contributed by atoms with E-state index in [0.29, 0.717) is 12.4 Å². The molecule has 0 bridgehead atoms. The number of carbonyl (C=O) groups is 2. The fourth-order valence-electron chi connectivity index (χ4n) is 5.10. The third-order valence-corrected chi connectivity index (χ3v) is 6.68. The molecule has 34 heavy (non-hydrogen) atoms. The maximum absolute atomic E-state index is 13.1. The monoisotopic (exact) mass is 468 g/mol. The molecule has 1 amide bonds. The van der Waals surface area contributed by atoms with Gasteiger partial charge in [0.2, 0.25) is 5.91 Å². The molecule has 2 heterocycles. The molecule has 1 aromatic heterocycles. The SMILES string of the molecule is C=Cc1cc2c(cc1OC)c([C@H]1CCC[C@@H](NC(=O)[C@@H]3CCCO3)C1)cn2C(=O)OC(C)(C)C. The van der Waals surface area contributed by atoms with Crippen LogP contribution in [0.2, 0.25) is 0 Å². The molecule has 7 nitrogen and oxygen atoms in total. The van der Waals surface area contributed by atoms with E-state index < -0.39 is 11.7 Å². The Labute approximate surface area is 201 Å². The molecule has 1 aliphatic carbocycles. The van der Waals surface area contributed by atoms with Crippen molar-refractivity contribution in [1.29, 1.82) is 0 Å². The first-order chi connectivity index (χ1) is 16.2. The molecule has 1 saturated carbocycles. The van der Waals surface area contributed by atoms with Crippen molar-refractivity contribution in [2.24, 2.45) is 0 Å². The number of ether oxygens (including phenoxy) is 3. The maximum Gasteiger partial charge on any atom is 0.419 e. The zero-order valence-electron chi connectivity index (χ0n) is 20.7. The lowest BCUT2D eigenvalue weighted by molar-refractivity contribution is -0.131. The van der Waals surface area contributed by atoms with Gasteiger partial charge in [-0.25, -0.2) is 4.79 Å².